The zero-order valence-electron chi connectivity index (χ0n) is 39.3. The van der Waals surface area contributed by atoms with Crippen LogP contribution in [0.5, 0.6) is 5.75 Å². The fourth-order valence-electron chi connectivity index (χ4n) is 10.1. The molecule has 3 amide bonds. The molecule has 1 saturated carbocycles. The fraction of sp³-hybridized carbons (Fsp3) is 0.429. The van der Waals surface area contributed by atoms with Gasteiger partial charge in [-0.05, 0) is 92.8 Å². The molecule has 73 heavy (non-hydrogen) atoms. The van der Waals surface area contributed by atoms with Crippen LogP contribution in [0, 0.1) is 23.4 Å². The number of carboxylic acid groups (broad SMARTS) is 1. The highest BCUT2D eigenvalue weighted by molar-refractivity contribution is 6.00. The molecule has 6 heterocycles. The Morgan fingerprint density at radius 3 is 2.34 bits per heavy atom. The summed E-state index contributed by atoms with van der Waals surface area (Å²) in [5, 5.41) is 27.2. The van der Waals surface area contributed by atoms with Gasteiger partial charge in [0.05, 0.1) is 47.9 Å². The van der Waals surface area contributed by atoms with Gasteiger partial charge >= 0.3 is 17.8 Å². The maximum atomic E-state index is 14.2. The largest absolute Gasteiger partial charge is 0.503 e. The molecular formula is C49H50F6N10O8. The lowest BCUT2D eigenvalue weighted by molar-refractivity contribution is -0.192. The van der Waals surface area contributed by atoms with Crippen molar-refractivity contribution < 1.29 is 60.5 Å². The first-order valence-electron chi connectivity index (χ1n) is 23.7. The number of fused-ring (bicyclic) bond motifs is 2. The standard InChI is InChI=1S/C47H49F3N10O6.C2HF3O2/c1-56-38-17-27(6-11-36(38)60(46(56)65)37-12-13-39(61)54-44(37)64)3-2-14-57-15-16-66-47(24-57)25-58(26-47)45-52-21-31(22-53-45)29-7-8-30-23-59(55-35(30)18-29)32-9-4-28(5-10-32)20-51-43(63)33-19-34(48)42(62)41(50)40(33)49;3-2(4,5)1(6)7/h6-8,11,17-19,21-23,28,32,37,62H,2-5,9-10,12-16,20,24-26H2,1H3,(H,51,63)(H,54,61,64);(H,6,7)/t28?,32?,37-;/m1./s1. The van der Waals surface area contributed by atoms with Gasteiger partial charge in [-0.15, -0.1) is 0 Å². The molecule has 3 saturated heterocycles. The number of aryl methyl sites for hydroxylation is 2. The number of rotatable bonds is 11. The van der Waals surface area contributed by atoms with Gasteiger partial charge in [-0.25, -0.2) is 28.3 Å². The van der Waals surface area contributed by atoms with Crippen LogP contribution in [0.2, 0.25) is 0 Å². The molecule has 1 spiro atoms. The summed E-state index contributed by atoms with van der Waals surface area (Å²) in [6, 6.07) is 12.0. The number of piperidine rings is 1. The quantitative estimate of drug-likeness (QED) is 0.0711. The summed E-state index contributed by atoms with van der Waals surface area (Å²) in [5.41, 5.74) is 3.89. The predicted octanol–water partition coefficient (Wildman–Crippen LogP) is 5.57. The number of benzene rings is 3. The number of phenols is 1. The highest BCUT2D eigenvalue weighted by atomic mass is 19.4. The first kappa shape index (κ1) is 50.6. The van der Waals surface area contributed by atoms with Gasteiger partial charge < -0.3 is 25.2 Å². The molecule has 4 aliphatic rings. The summed E-state index contributed by atoms with van der Waals surface area (Å²) in [5.74, 6) is -9.92. The number of halogens is 6. The van der Waals surface area contributed by atoms with E-state index < -0.39 is 58.8 Å². The third kappa shape index (κ3) is 10.6. The number of ether oxygens (including phenoxy) is 1. The number of aromatic hydroxyl groups is 1. The molecule has 18 nitrogen and oxygen atoms in total. The Hall–Kier alpha value is -7.34. The van der Waals surface area contributed by atoms with E-state index in [1.807, 2.05) is 59.7 Å². The summed E-state index contributed by atoms with van der Waals surface area (Å²) < 4.78 is 84.8. The van der Waals surface area contributed by atoms with E-state index >= 15 is 0 Å². The average Bonchev–Trinajstić information content (AvgIpc) is 3.90. The van der Waals surface area contributed by atoms with Crippen molar-refractivity contribution in [1.29, 1.82) is 0 Å². The maximum Gasteiger partial charge on any atom is 0.490 e. The fourth-order valence-corrected chi connectivity index (χ4v) is 10.1. The number of carbonyl (C=O) groups excluding carboxylic acids is 3. The van der Waals surface area contributed by atoms with Crippen molar-refractivity contribution in [2.75, 3.05) is 50.8 Å². The van der Waals surface area contributed by atoms with Crippen molar-refractivity contribution in [3.05, 3.63) is 100 Å². The number of hydrogen-bond acceptors (Lipinski definition) is 12. The Bertz CT molecular complexity index is 3160. The van der Waals surface area contributed by atoms with Crippen molar-refractivity contribution in [3.8, 4) is 16.9 Å². The minimum Gasteiger partial charge on any atom is -0.503 e. The molecular weight excluding hydrogens is 971 g/mol. The average molecular weight is 1020 g/mol. The Balaban J connectivity index is 0.000000875. The normalized spacial score (nSPS) is 20.2. The Morgan fingerprint density at radius 1 is 0.918 bits per heavy atom. The molecule has 6 aromatic rings. The summed E-state index contributed by atoms with van der Waals surface area (Å²) >= 11 is 0. The second kappa shape index (κ2) is 20.3. The molecule has 3 aromatic heterocycles. The number of amides is 3. The zero-order chi connectivity index (χ0) is 51.9. The first-order valence-corrected chi connectivity index (χ1v) is 23.7. The zero-order valence-corrected chi connectivity index (χ0v) is 39.3. The van der Waals surface area contributed by atoms with Crippen molar-refractivity contribution in [3.63, 3.8) is 0 Å². The second-order valence-corrected chi connectivity index (χ2v) is 19.0. The van der Waals surface area contributed by atoms with Crippen LogP contribution in [-0.2, 0) is 32.6 Å². The topological polar surface area (TPSA) is 219 Å². The van der Waals surface area contributed by atoms with E-state index in [1.54, 1.807) is 11.6 Å². The lowest BCUT2D eigenvalue weighted by atomic mass is 9.86. The third-order valence-corrected chi connectivity index (χ3v) is 14.0. The molecule has 24 heteroatoms. The van der Waals surface area contributed by atoms with Gasteiger partial charge in [-0.1, -0.05) is 18.2 Å². The first-order chi connectivity index (χ1) is 34.8. The van der Waals surface area contributed by atoms with Crippen LogP contribution in [0.1, 0.15) is 73.0 Å². The molecule has 4 N–H and O–H groups in total. The van der Waals surface area contributed by atoms with E-state index in [0.29, 0.717) is 43.6 Å². The van der Waals surface area contributed by atoms with Gasteiger partial charge in [0, 0.05) is 62.6 Å². The minimum atomic E-state index is -5.08. The van der Waals surface area contributed by atoms with Crippen LogP contribution in [0.25, 0.3) is 33.1 Å². The summed E-state index contributed by atoms with van der Waals surface area (Å²) in [6.07, 6.45) is 6.06. The van der Waals surface area contributed by atoms with E-state index in [9.17, 15) is 50.6 Å². The van der Waals surface area contributed by atoms with Crippen LogP contribution >= 0.6 is 0 Å². The number of imidazole rings is 1. The Labute approximate surface area is 411 Å². The molecule has 0 bridgehead atoms. The molecule has 0 unspecified atom stereocenters. The van der Waals surface area contributed by atoms with Crippen molar-refractivity contribution in [1.82, 2.24) is 44.4 Å². The number of anilines is 1. The molecule has 1 aliphatic carbocycles. The molecule has 4 fully saturated rings. The summed E-state index contributed by atoms with van der Waals surface area (Å²) in [7, 11) is 1.71. The van der Waals surface area contributed by atoms with Gasteiger partial charge in [-0.3, -0.25) is 38.4 Å². The number of aliphatic carboxylic acids is 1. The predicted molar refractivity (Wildman–Crippen MR) is 250 cm³/mol. The van der Waals surface area contributed by atoms with Crippen LogP contribution in [0.3, 0.4) is 0 Å². The van der Waals surface area contributed by atoms with E-state index in [1.165, 1.54) is 4.57 Å². The Kier molecular flexibility index (Phi) is 14.1. The molecule has 1 atom stereocenters. The van der Waals surface area contributed by atoms with Crippen LogP contribution in [-0.4, -0.2) is 125 Å². The van der Waals surface area contributed by atoms with Gasteiger partial charge in [0.2, 0.25) is 23.6 Å². The number of carboxylic acids is 1. The molecule has 3 aromatic carbocycles. The van der Waals surface area contributed by atoms with Crippen molar-refractivity contribution in [2.45, 2.75) is 75.2 Å². The van der Waals surface area contributed by atoms with E-state index in [0.717, 1.165) is 91.3 Å². The molecule has 386 valence electrons. The van der Waals surface area contributed by atoms with E-state index in [2.05, 4.69) is 20.4 Å². The number of nitrogens with zero attached hydrogens (tertiary/aromatic N) is 8. The maximum absolute atomic E-state index is 14.2. The Morgan fingerprint density at radius 2 is 1.64 bits per heavy atom. The SMILES string of the molecule is Cn1c(=O)n([C@@H]2CCC(=O)NC2=O)c2ccc(CCCN3CCOC4(C3)CN(c3ncc(-c5ccc6cn(C7CCC(CNC(=O)c8cc(F)c(O)c(F)c8F)CC7)nc6c5)cn3)C4)cc21.O=C(O)C(F)(F)F. The minimum absolute atomic E-state index is 0.106. The molecule has 0 radical (unpaired) electrons. The van der Waals surface area contributed by atoms with E-state index in [4.69, 9.17) is 29.7 Å². The number of imide groups is 1. The van der Waals surface area contributed by atoms with Crippen molar-refractivity contribution in [2.24, 2.45) is 13.0 Å². The lowest BCUT2D eigenvalue weighted by Crippen LogP contribution is -2.70. The van der Waals surface area contributed by atoms with Crippen LogP contribution in [0.15, 0.2) is 65.8 Å². The highest BCUT2D eigenvalue weighted by Gasteiger charge is 2.48. The number of phenolic OH excluding ortho intramolecular Hbond substituents is 1. The number of aromatic nitrogens is 6. The summed E-state index contributed by atoms with van der Waals surface area (Å²) in [6.45, 7) is 4.83. The number of alkyl halides is 3. The van der Waals surface area contributed by atoms with Gasteiger partial charge in [0.25, 0.3) is 5.91 Å². The summed E-state index contributed by atoms with van der Waals surface area (Å²) in [4.78, 5) is 72.9. The molecule has 3 aliphatic heterocycles. The monoisotopic (exact) mass is 1020 g/mol. The van der Waals surface area contributed by atoms with Gasteiger partial charge in [0.15, 0.2) is 17.4 Å². The number of carbonyl (C=O) groups is 4. The second-order valence-electron chi connectivity index (χ2n) is 19.0. The number of morpholine rings is 1. The van der Waals surface area contributed by atoms with Crippen molar-refractivity contribution >= 4 is 51.6 Å². The third-order valence-electron chi connectivity index (χ3n) is 14.0. The van der Waals surface area contributed by atoms with Crippen LogP contribution in [0.4, 0.5) is 32.3 Å². The van der Waals surface area contributed by atoms with Gasteiger partial charge in [-0.2, -0.15) is 22.7 Å². The number of nitrogens with one attached hydrogen (secondary N) is 2. The van der Waals surface area contributed by atoms with Gasteiger partial charge in [0.1, 0.15) is 11.6 Å². The molecule has 10 rings (SSSR count). The van der Waals surface area contributed by atoms with Crippen LogP contribution < -0.4 is 21.2 Å². The smallest absolute Gasteiger partial charge is 0.490 e. The van der Waals surface area contributed by atoms with E-state index in [-0.39, 0.29) is 42.1 Å². The number of hydrogen-bond donors (Lipinski definition) is 4. The highest BCUT2D eigenvalue weighted by Crippen LogP contribution is 2.35. The lowest BCUT2D eigenvalue weighted by Gasteiger charge is -2.53.